The van der Waals surface area contributed by atoms with Crippen LogP contribution in [0, 0.1) is 5.41 Å². The van der Waals surface area contributed by atoms with Crippen molar-refractivity contribution in [2.24, 2.45) is 0 Å². The summed E-state index contributed by atoms with van der Waals surface area (Å²) < 4.78 is 58.6. The van der Waals surface area contributed by atoms with Crippen LogP contribution in [0.15, 0.2) is 126 Å². The molecule has 0 bridgehead atoms. The largest absolute Gasteiger partial charge is 0.459 e. The fourth-order valence-corrected chi connectivity index (χ4v) is 6.87. The van der Waals surface area contributed by atoms with E-state index >= 15 is 4.39 Å². The summed E-state index contributed by atoms with van der Waals surface area (Å²) in [5, 5.41) is 6.98. The summed E-state index contributed by atoms with van der Waals surface area (Å²) in [6.07, 6.45) is -6.17. The summed E-state index contributed by atoms with van der Waals surface area (Å²) in [5.41, 5.74) is 3.49. The van der Waals surface area contributed by atoms with Crippen LogP contribution in [-0.2, 0) is 23.8 Å². The molecule has 256 valence electrons. The molecule has 0 saturated heterocycles. The smallest absolute Gasteiger partial charge is 0.338 e. The monoisotopic (exact) mass is 753 g/mol. The van der Waals surface area contributed by atoms with Crippen molar-refractivity contribution >= 4 is 63.1 Å². The van der Waals surface area contributed by atoms with Gasteiger partial charge in [-0.1, -0.05) is 120 Å². The molecule has 50 heavy (non-hydrogen) atoms. The van der Waals surface area contributed by atoms with E-state index in [1.165, 1.54) is 24.3 Å². The molecule has 13 heteroatoms. The molecule has 0 spiro atoms. The van der Waals surface area contributed by atoms with Crippen molar-refractivity contribution in [3.8, 4) is 22.3 Å². The van der Waals surface area contributed by atoms with Crippen LogP contribution in [0.2, 0.25) is 15.1 Å². The zero-order chi connectivity index (χ0) is 35.8. The van der Waals surface area contributed by atoms with Crippen molar-refractivity contribution < 1.29 is 36.1 Å². The summed E-state index contributed by atoms with van der Waals surface area (Å²) in [6.45, 7) is -0.920. The second kappa shape index (κ2) is 16.4. The third-order valence-electron chi connectivity index (χ3n) is 7.41. The van der Waals surface area contributed by atoms with Crippen LogP contribution in [0.3, 0.4) is 0 Å². The first-order valence-electron chi connectivity index (χ1n) is 14.9. The number of esters is 2. The maximum Gasteiger partial charge on any atom is 0.338 e. The highest BCUT2D eigenvalue weighted by Gasteiger charge is 2.39. The highest BCUT2D eigenvalue weighted by molar-refractivity contribution is 7.87. The average molecular weight is 755 g/mol. The van der Waals surface area contributed by atoms with E-state index in [2.05, 4.69) is 0 Å². The first-order chi connectivity index (χ1) is 24.0. The van der Waals surface area contributed by atoms with Crippen LogP contribution in [-0.4, -0.2) is 51.6 Å². The maximum atomic E-state index is 15.4. The predicted molar refractivity (Wildman–Crippen MR) is 190 cm³/mol. The predicted octanol–water partition coefficient (Wildman–Crippen LogP) is 9.12. The first-order valence-corrected chi connectivity index (χ1v) is 17.4. The zero-order valence-corrected chi connectivity index (χ0v) is 28.9. The van der Waals surface area contributed by atoms with Crippen molar-refractivity contribution in [3.63, 3.8) is 0 Å². The molecule has 0 unspecified atom stereocenters. The van der Waals surface area contributed by atoms with Gasteiger partial charge in [-0.15, -0.1) is 0 Å². The van der Waals surface area contributed by atoms with E-state index in [9.17, 15) is 18.0 Å². The number of nitrogens with one attached hydrogen (secondary N) is 1. The van der Waals surface area contributed by atoms with Crippen LogP contribution >= 0.6 is 34.8 Å². The number of carbonyl (C=O) groups excluding carboxylic acids is 2. The minimum atomic E-state index is -4.90. The second-order valence-corrected chi connectivity index (χ2v) is 13.5. The molecule has 0 heterocycles. The number of carbonyl (C=O) groups is 2. The van der Waals surface area contributed by atoms with Crippen molar-refractivity contribution in [2.45, 2.75) is 23.3 Å². The Balaban J connectivity index is 1.42. The van der Waals surface area contributed by atoms with Gasteiger partial charge in [0.25, 0.3) is 10.1 Å². The maximum absolute atomic E-state index is 15.4. The Morgan fingerprint density at radius 3 is 1.64 bits per heavy atom. The Morgan fingerprint density at radius 2 is 1.14 bits per heavy atom. The molecule has 1 N–H and O–H groups in total. The van der Waals surface area contributed by atoms with E-state index < -0.39 is 51.9 Å². The molecule has 0 radical (unpaired) electrons. The quantitative estimate of drug-likeness (QED) is 0.0551. The Bertz CT molecular complexity index is 2080. The van der Waals surface area contributed by atoms with Gasteiger partial charge < -0.3 is 14.9 Å². The molecule has 0 aliphatic rings. The lowest BCUT2D eigenvalue weighted by molar-refractivity contribution is -0.0475. The van der Waals surface area contributed by atoms with Gasteiger partial charge in [-0.2, -0.15) is 8.42 Å². The van der Waals surface area contributed by atoms with Crippen molar-refractivity contribution in [2.75, 3.05) is 6.61 Å². The molecule has 5 rings (SSSR count). The minimum Gasteiger partial charge on any atom is -0.459 e. The number of alkyl halides is 1. The molecule has 0 aliphatic carbocycles. The Hall–Kier alpha value is -4.58. The highest BCUT2D eigenvalue weighted by Crippen LogP contribution is 2.34. The molecule has 8 nitrogen and oxygen atoms in total. The lowest BCUT2D eigenvalue weighted by atomic mass is 10.0. The Labute approximate surface area is 302 Å². The van der Waals surface area contributed by atoms with Gasteiger partial charge in [-0.25, -0.2) is 14.0 Å². The lowest BCUT2D eigenvalue weighted by Gasteiger charge is -2.27. The molecule has 0 amide bonds. The molecule has 0 saturated carbocycles. The van der Waals surface area contributed by atoms with E-state index in [1.807, 2.05) is 60.7 Å². The molecule has 0 aromatic heterocycles. The van der Waals surface area contributed by atoms with Crippen LogP contribution in [0.4, 0.5) is 4.39 Å². The highest BCUT2D eigenvalue weighted by atomic mass is 35.5. The first kappa shape index (κ1) is 36.7. The number of benzene rings is 5. The van der Waals surface area contributed by atoms with Gasteiger partial charge in [0.2, 0.25) is 0 Å². The molecular formula is C37H27Cl3FNO7S. The zero-order valence-electron chi connectivity index (χ0n) is 25.8. The van der Waals surface area contributed by atoms with Crippen LogP contribution < -0.4 is 0 Å². The van der Waals surface area contributed by atoms with Gasteiger partial charge in [-0.3, -0.25) is 4.18 Å². The summed E-state index contributed by atoms with van der Waals surface area (Å²) >= 11 is 18.1. The summed E-state index contributed by atoms with van der Waals surface area (Å²) in [4.78, 5) is 25.7. The van der Waals surface area contributed by atoms with E-state index in [1.54, 1.807) is 24.3 Å². The van der Waals surface area contributed by atoms with Gasteiger partial charge in [0.15, 0.2) is 18.4 Å². The third-order valence-corrected chi connectivity index (χ3v) is 9.94. The number of rotatable bonds is 13. The number of ether oxygens (including phenoxy) is 2. The van der Waals surface area contributed by atoms with Gasteiger partial charge >= 0.3 is 11.9 Å². The topological polar surface area (TPSA) is 120 Å². The molecule has 5 aromatic carbocycles. The Morgan fingerprint density at radius 1 is 0.680 bits per heavy atom. The summed E-state index contributed by atoms with van der Waals surface area (Å²) in [5.74, 6) is -1.96. The fourth-order valence-electron chi connectivity index (χ4n) is 4.82. The molecule has 5 aromatic rings. The van der Waals surface area contributed by atoms with Crippen LogP contribution in [0.1, 0.15) is 20.7 Å². The van der Waals surface area contributed by atoms with E-state index in [0.717, 1.165) is 34.4 Å². The normalized spacial score (nSPS) is 13.1. The molecule has 0 aliphatic heterocycles. The summed E-state index contributed by atoms with van der Waals surface area (Å²) in [7, 11) is -4.90. The SMILES string of the molecule is N=C[C@@H](F)[C@H](OC(=O)c1ccc(-c2ccccc2)cc1)[C@@H](COC(=O)c1ccc(-c2ccccc2)cc1)OS(=O)(=O)c1cc(Cl)c(Cl)cc1Cl. The molecule has 3 atom stereocenters. The van der Waals surface area contributed by atoms with Crippen LogP contribution in [0.25, 0.3) is 22.3 Å². The lowest BCUT2D eigenvalue weighted by Crippen LogP contribution is -2.45. The van der Waals surface area contributed by atoms with E-state index in [0.29, 0.717) is 6.21 Å². The van der Waals surface area contributed by atoms with E-state index in [-0.39, 0.29) is 26.2 Å². The standard InChI is InChI=1S/C37H27Cl3FNO7S/c38-29-19-31(40)34(20-30(29)39)50(45,46)49-33(22-47-36(43)27-15-11-25(12-16-27)23-7-3-1-4-8-23)35(32(41)21-42)48-37(44)28-17-13-26(14-18-28)24-9-5-2-6-10-24/h1-21,32-33,35,42H,22H2/t32-,33-,35+/m1/s1. The number of hydrogen-bond acceptors (Lipinski definition) is 8. The third kappa shape index (κ3) is 8.95. The van der Waals surface area contributed by atoms with Gasteiger partial charge in [-0.05, 0) is 58.7 Å². The van der Waals surface area contributed by atoms with Crippen molar-refractivity contribution in [3.05, 3.63) is 148 Å². The minimum absolute atomic E-state index is 0.00324. The summed E-state index contributed by atoms with van der Waals surface area (Å²) in [6, 6.07) is 33.3. The van der Waals surface area contributed by atoms with Gasteiger partial charge in [0, 0.05) is 6.21 Å². The van der Waals surface area contributed by atoms with E-state index in [4.69, 9.17) is 53.9 Å². The second-order valence-electron chi connectivity index (χ2n) is 10.8. The average Bonchev–Trinajstić information content (AvgIpc) is 3.14. The number of hydrogen-bond donors (Lipinski definition) is 1. The fraction of sp³-hybridized carbons (Fsp3) is 0.108. The van der Waals surface area contributed by atoms with Crippen molar-refractivity contribution in [1.82, 2.24) is 0 Å². The Kier molecular flexibility index (Phi) is 12.0. The molecular weight excluding hydrogens is 728 g/mol. The van der Waals surface area contributed by atoms with Gasteiger partial charge in [0.05, 0.1) is 26.2 Å². The number of halogens is 4. The molecule has 0 fully saturated rings. The van der Waals surface area contributed by atoms with Gasteiger partial charge in [0.1, 0.15) is 11.5 Å². The van der Waals surface area contributed by atoms with Crippen LogP contribution in [0.5, 0.6) is 0 Å². The van der Waals surface area contributed by atoms with Crippen molar-refractivity contribution in [1.29, 1.82) is 5.41 Å².